The number of hydrogen-bond acceptors (Lipinski definition) is 3. The SMILES string of the molecule is NC[C@H]1CCCN1S(=O)(=O)c1ccc(Cl)c(C(F)(F)F)c1. The van der Waals surface area contributed by atoms with Crippen molar-refractivity contribution in [3.05, 3.63) is 28.8 Å². The van der Waals surface area contributed by atoms with Crippen LogP contribution in [0.2, 0.25) is 5.02 Å². The van der Waals surface area contributed by atoms with Crippen LogP contribution in [0.5, 0.6) is 0 Å². The molecule has 1 aromatic carbocycles. The monoisotopic (exact) mass is 342 g/mol. The summed E-state index contributed by atoms with van der Waals surface area (Å²) in [6.45, 7) is 0.396. The van der Waals surface area contributed by atoms with Gasteiger partial charge in [0, 0.05) is 19.1 Å². The molecule has 0 saturated carbocycles. The maximum absolute atomic E-state index is 12.8. The molecule has 1 atom stereocenters. The van der Waals surface area contributed by atoms with Gasteiger partial charge in [-0.2, -0.15) is 17.5 Å². The normalized spacial score (nSPS) is 20.9. The van der Waals surface area contributed by atoms with E-state index < -0.39 is 31.7 Å². The number of halogens is 4. The Balaban J connectivity index is 2.46. The smallest absolute Gasteiger partial charge is 0.329 e. The third-order valence-electron chi connectivity index (χ3n) is 3.45. The molecular formula is C12H14ClF3N2O2S. The summed E-state index contributed by atoms with van der Waals surface area (Å²) in [7, 11) is -4.00. The first-order chi connectivity index (χ1) is 9.67. The first kappa shape index (κ1) is 16.5. The molecule has 2 rings (SSSR count). The summed E-state index contributed by atoms with van der Waals surface area (Å²) < 4.78 is 64.5. The van der Waals surface area contributed by atoms with E-state index in [0.29, 0.717) is 18.9 Å². The average molecular weight is 343 g/mol. The zero-order chi connectivity index (χ0) is 15.8. The maximum atomic E-state index is 12.8. The molecule has 2 N–H and O–H groups in total. The molecule has 1 saturated heterocycles. The van der Waals surface area contributed by atoms with Gasteiger partial charge in [-0.05, 0) is 31.0 Å². The molecule has 0 aromatic heterocycles. The lowest BCUT2D eigenvalue weighted by Crippen LogP contribution is -2.39. The molecule has 118 valence electrons. The second-order valence-electron chi connectivity index (χ2n) is 4.79. The van der Waals surface area contributed by atoms with Gasteiger partial charge in [0.2, 0.25) is 10.0 Å². The van der Waals surface area contributed by atoms with Gasteiger partial charge < -0.3 is 5.73 Å². The average Bonchev–Trinajstić information content (AvgIpc) is 2.86. The molecule has 1 fully saturated rings. The Kier molecular flexibility index (Phi) is 4.53. The summed E-state index contributed by atoms with van der Waals surface area (Å²) in [6, 6.07) is 2.23. The Morgan fingerprint density at radius 1 is 1.38 bits per heavy atom. The Hall–Kier alpha value is -0.830. The van der Waals surface area contributed by atoms with Crippen LogP contribution in [-0.2, 0) is 16.2 Å². The highest BCUT2D eigenvalue weighted by atomic mass is 35.5. The predicted octanol–water partition coefficient (Wildman–Crippen LogP) is 2.47. The van der Waals surface area contributed by atoms with Crippen LogP contribution >= 0.6 is 11.6 Å². The summed E-state index contributed by atoms with van der Waals surface area (Å²) in [5, 5.41) is -0.529. The lowest BCUT2D eigenvalue weighted by molar-refractivity contribution is -0.137. The highest BCUT2D eigenvalue weighted by molar-refractivity contribution is 7.89. The van der Waals surface area contributed by atoms with E-state index in [2.05, 4.69) is 0 Å². The standard InChI is InChI=1S/C12H14ClF3N2O2S/c13-11-4-3-9(6-10(11)12(14,15)16)21(19,20)18-5-1-2-8(18)7-17/h3-4,6,8H,1-2,5,7,17H2/t8-/m1/s1. The summed E-state index contributed by atoms with van der Waals surface area (Å²) in [5.41, 5.74) is 4.36. The predicted molar refractivity (Wildman–Crippen MR) is 72.4 cm³/mol. The molecule has 0 radical (unpaired) electrons. The molecule has 1 aliphatic heterocycles. The highest BCUT2D eigenvalue weighted by Gasteiger charge is 2.38. The van der Waals surface area contributed by atoms with Gasteiger partial charge in [-0.25, -0.2) is 8.42 Å². The van der Waals surface area contributed by atoms with E-state index in [-0.39, 0.29) is 19.1 Å². The van der Waals surface area contributed by atoms with Gasteiger partial charge in [-0.1, -0.05) is 11.6 Å². The fraction of sp³-hybridized carbons (Fsp3) is 0.500. The number of hydrogen-bond donors (Lipinski definition) is 1. The molecule has 4 nitrogen and oxygen atoms in total. The summed E-state index contributed by atoms with van der Waals surface area (Å²) in [4.78, 5) is -0.417. The van der Waals surface area contributed by atoms with Crippen LogP contribution in [0.3, 0.4) is 0 Å². The van der Waals surface area contributed by atoms with Crippen molar-refractivity contribution in [3.63, 3.8) is 0 Å². The van der Waals surface area contributed by atoms with Crippen LogP contribution in [0.15, 0.2) is 23.1 Å². The highest BCUT2D eigenvalue weighted by Crippen LogP contribution is 2.37. The molecule has 0 aliphatic carbocycles. The van der Waals surface area contributed by atoms with Crippen LogP contribution in [-0.4, -0.2) is 31.9 Å². The number of rotatable bonds is 3. The third-order valence-corrected chi connectivity index (χ3v) is 5.72. The largest absolute Gasteiger partial charge is 0.417 e. The van der Waals surface area contributed by atoms with E-state index in [1.165, 1.54) is 0 Å². The molecular weight excluding hydrogens is 329 g/mol. The number of nitrogens with zero attached hydrogens (tertiary/aromatic N) is 1. The van der Waals surface area contributed by atoms with Crippen LogP contribution in [0.1, 0.15) is 18.4 Å². The molecule has 1 aliphatic rings. The van der Waals surface area contributed by atoms with Crippen LogP contribution < -0.4 is 5.73 Å². The first-order valence-electron chi connectivity index (χ1n) is 6.26. The van der Waals surface area contributed by atoms with Crippen LogP contribution in [0, 0.1) is 0 Å². The second-order valence-corrected chi connectivity index (χ2v) is 7.08. The van der Waals surface area contributed by atoms with E-state index in [1.807, 2.05) is 0 Å². The lowest BCUT2D eigenvalue weighted by Gasteiger charge is -2.23. The van der Waals surface area contributed by atoms with Gasteiger partial charge in [0.25, 0.3) is 0 Å². The molecule has 1 aromatic rings. The zero-order valence-electron chi connectivity index (χ0n) is 10.9. The van der Waals surface area contributed by atoms with Crippen molar-refractivity contribution in [2.24, 2.45) is 5.73 Å². The van der Waals surface area contributed by atoms with Crippen LogP contribution in [0.25, 0.3) is 0 Å². The summed E-state index contributed by atoms with van der Waals surface area (Å²) >= 11 is 5.50. The zero-order valence-corrected chi connectivity index (χ0v) is 12.5. The van der Waals surface area contributed by atoms with Crippen LogP contribution in [0.4, 0.5) is 13.2 Å². The third kappa shape index (κ3) is 3.18. The molecule has 0 spiro atoms. The van der Waals surface area contributed by atoms with Gasteiger partial charge in [-0.15, -0.1) is 0 Å². The van der Waals surface area contributed by atoms with Gasteiger partial charge in [0.15, 0.2) is 0 Å². The Morgan fingerprint density at radius 3 is 2.62 bits per heavy atom. The molecule has 0 bridgehead atoms. The van der Waals surface area contributed by atoms with Crippen molar-refractivity contribution in [1.82, 2.24) is 4.31 Å². The maximum Gasteiger partial charge on any atom is 0.417 e. The minimum atomic E-state index is -4.71. The van der Waals surface area contributed by atoms with Crippen molar-refractivity contribution < 1.29 is 21.6 Å². The fourth-order valence-electron chi connectivity index (χ4n) is 2.38. The fourth-order valence-corrected chi connectivity index (χ4v) is 4.33. The Labute approximate surface area is 125 Å². The van der Waals surface area contributed by atoms with Gasteiger partial charge in [0.05, 0.1) is 15.5 Å². The number of nitrogens with two attached hydrogens (primary N) is 1. The van der Waals surface area contributed by atoms with E-state index in [4.69, 9.17) is 17.3 Å². The molecule has 21 heavy (non-hydrogen) atoms. The summed E-state index contributed by atoms with van der Waals surface area (Å²) in [5.74, 6) is 0. The molecule has 0 amide bonds. The van der Waals surface area contributed by atoms with Crippen molar-refractivity contribution in [3.8, 4) is 0 Å². The van der Waals surface area contributed by atoms with Crippen molar-refractivity contribution in [2.45, 2.75) is 30.0 Å². The topological polar surface area (TPSA) is 63.4 Å². The first-order valence-corrected chi connectivity index (χ1v) is 8.08. The number of alkyl halides is 3. The van der Waals surface area contributed by atoms with Crippen molar-refractivity contribution >= 4 is 21.6 Å². The van der Waals surface area contributed by atoms with E-state index >= 15 is 0 Å². The Bertz CT molecular complexity index is 634. The minimum absolute atomic E-state index is 0.138. The van der Waals surface area contributed by atoms with Gasteiger partial charge in [-0.3, -0.25) is 0 Å². The quantitative estimate of drug-likeness (QED) is 0.917. The van der Waals surface area contributed by atoms with E-state index in [1.54, 1.807) is 0 Å². The van der Waals surface area contributed by atoms with Gasteiger partial charge in [0.1, 0.15) is 0 Å². The summed E-state index contributed by atoms with van der Waals surface area (Å²) in [6.07, 6.45) is -3.46. The molecule has 9 heteroatoms. The van der Waals surface area contributed by atoms with E-state index in [9.17, 15) is 21.6 Å². The Morgan fingerprint density at radius 2 is 2.05 bits per heavy atom. The lowest BCUT2D eigenvalue weighted by atomic mass is 10.2. The molecule has 1 heterocycles. The number of sulfonamides is 1. The van der Waals surface area contributed by atoms with Crippen molar-refractivity contribution in [1.29, 1.82) is 0 Å². The van der Waals surface area contributed by atoms with Crippen molar-refractivity contribution in [2.75, 3.05) is 13.1 Å². The van der Waals surface area contributed by atoms with E-state index in [0.717, 1.165) is 16.4 Å². The number of benzene rings is 1. The molecule has 0 unspecified atom stereocenters. The minimum Gasteiger partial charge on any atom is -0.329 e. The second kappa shape index (κ2) is 5.75. The van der Waals surface area contributed by atoms with Gasteiger partial charge >= 0.3 is 6.18 Å².